The summed E-state index contributed by atoms with van der Waals surface area (Å²) in [6.45, 7) is 0.0906. The van der Waals surface area contributed by atoms with E-state index in [-0.39, 0.29) is 37.9 Å². The quantitative estimate of drug-likeness (QED) is 0.361. The molecule has 1 atom stereocenters. The first kappa shape index (κ1) is 24.7. The number of carbonyl (C=O) groups is 1. The molecule has 4 rings (SSSR count). The molecule has 0 bridgehead atoms. The summed E-state index contributed by atoms with van der Waals surface area (Å²) in [5.74, 6) is 0. The van der Waals surface area contributed by atoms with Gasteiger partial charge in [-0.2, -0.15) is 13.2 Å². The number of alkyl halides is 3. The summed E-state index contributed by atoms with van der Waals surface area (Å²) in [7, 11) is 0. The van der Waals surface area contributed by atoms with Crippen LogP contribution in [-0.2, 0) is 17.0 Å². The number of amides is 1. The van der Waals surface area contributed by atoms with Crippen molar-refractivity contribution in [2.75, 3.05) is 0 Å². The predicted octanol–water partition coefficient (Wildman–Crippen LogP) is 6.84. The molecule has 2 aromatic carbocycles. The molecule has 3 aromatic rings. The molecule has 2 heterocycles. The monoisotopic (exact) mass is 550 g/mol. The van der Waals surface area contributed by atoms with E-state index < -0.39 is 24.2 Å². The number of hydrogen-bond donors (Lipinski definition) is 1. The predicted molar refractivity (Wildman–Crippen MR) is 123 cm³/mol. The Morgan fingerprint density at radius 3 is 2.41 bits per heavy atom. The Kier molecular flexibility index (Phi) is 6.74. The lowest BCUT2D eigenvalue weighted by Gasteiger charge is -2.30. The summed E-state index contributed by atoms with van der Waals surface area (Å²) in [6, 6.07) is 6.28. The Balaban J connectivity index is 1.56. The highest BCUT2D eigenvalue weighted by Crippen LogP contribution is 2.50. The number of halogens is 7. The second-order valence-corrected chi connectivity index (χ2v) is 8.92. The van der Waals surface area contributed by atoms with E-state index in [4.69, 9.17) is 51.2 Å². The highest BCUT2D eigenvalue weighted by molar-refractivity contribution is 6.48. The van der Waals surface area contributed by atoms with Crippen LogP contribution in [0.5, 0.6) is 0 Å². The van der Waals surface area contributed by atoms with Crippen LogP contribution in [0, 0.1) is 0 Å². The molecule has 0 radical (unpaired) electrons. The topological polar surface area (TPSA) is 68.5 Å². The third kappa shape index (κ3) is 4.57. The standard InChI is InChI=1S/C21H13Cl4F3N4O2/c22-14-5-11(1-2-12(14)9-30-19(33)32-4-3-29-10-32)17-8-20(34-31-17,21(26,27)28)13-6-15(23)18(25)16(24)7-13/h1-7,10H,8-9H2,(H,30,33). The van der Waals surface area contributed by atoms with Crippen LogP contribution in [0.25, 0.3) is 0 Å². The Bertz CT molecular complexity index is 1260. The van der Waals surface area contributed by atoms with Crippen LogP contribution in [0.4, 0.5) is 18.0 Å². The van der Waals surface area contributed by atoms with Crippen molar-refractivity contribution < 1.29 is 22.8 Å². The van der Waals surface area contributed by atoms with Crippen LogP contribution in [0.1, 0.15) is 23.1 Å². The number of rotatable bonds is 4. The Hall–Kier alpha value is -2.46. The normalized spacial score (nSPS) is 17.9. The summed E-state index contributed by atoms with van der Waals surface area (Å²) < 4.78 is 43.9. The Morgan fingerprint density at radius 1 is 1.12 bits per heavy atom. The number of nitrogens with zero attached hydrogens (tertiary/aromatic N) is 3. The zero-order chi connectivity index (χ0) is 24.7. The number of benzene rings is 2. The number of nitrogens with one attached hydrogen (secondary N) is 1. The molecule has 0 aliphatic carbocycles. The fraction of sp³-hybridized carbons (Fsp3) is 0.190. The molecule has 0 spiro atoms. The lowest BCUT2D eigenvalue weighted by atomic mass is 9.86. The summed E-state index contributed by atoms with van der Waals surface area (Å²) >= 11 is 24.1. The number of aromatic nitrogens is 2. The van der Waals surface area contributed by atoms with Crippen molar-refractivity contribution in [3.63, 3.8) is 0 Å². The van der Waals surface area contributed by atoms with Crippen LogP contribution < -0.4 is 5.32 Å². The van der Waals surface area contributed by atoms with Gasteiger partial charge in [-0.15, -0.1) is 0 Å². The molecule has 34 heavy (non-hydrogen) atoms. The van der Waals surface area contributed by atoms with Crippen molar-refractivity contribution in [3.8, 4) is 0 Å². The number of hydrogen-bond acceptors (Lipinski definition) is 4. The molecule has 1 unspecified atom stereocenters. The third-order valence-corrected chi connectivity index (χ3v) is 6.74. The molecule has 0 fully saturated rings. The molecule has 1 amide bonds. The molecule has 1 N–H and O–H groups in total. The maximum absolute atomic E-state index is 14.2. The van der Waals surface area contributed by atoms with Gasteiger partial charge in [0, 0.05) is 41.5 Å². The van der Waals surface area contributed by atoms with Crippen LogP contribution in [0.2, 0.25) is 20.1 Å². The van der Waals surface area contributed by atoms with Crippen LogP contribution in [0.15, 0.2) is 54.2 Å². The van der Waals surface area contributed by atoms with E-state index in [1.807, 2.05) is 0 Å². The zero-order valence-electron chi connectivity index (χ0n) is 16.8. The van der Waals surface area contributed by atoms with Gasteiger partial charge in [0.05, 0.1) is 20.8 Å². The molecule has 178 valence electrons. The first-order chi connectivity index (χ1) is 16.0. The van der Waals surface area contributed by atoms with Gasteiger partial charge in [-0.25, -0.2) is 9.78 Å². The van der Waals surface area contributed by atoms with Crippen molar-refractivity contribution >= 4 is 58.1 Å². The second-order valence-electron chi connectivity index (χ2n) is 7.32. The number of imidazole rings is 1. The van der Waals surface area contributed by atoms with Gasteiger partial charge in [0.1, 0.15) is 6.33 Å². The Labute approximate surface area is 211 Å². The van der Waals surface area contributed by atoms with E-state index >= 15 is 0 Å². The van der Waals surface area contributed by atoms with E-state index in [2.05, 4.69) is 15.5 Å². The van der Waals surface area contributed by atoms with Crippen LogP contribution >= 0.6 is 46.4 Å². The molecule has 1 aromatic heterocycles. The molecule has 6 nitrogen and oxygen atoms in total. The van der Waals surface area contributed by atoms with Gasteiger partial charge in [0.25, 0.3) is 5.60 Å². The van der Waals surface area contributed by atoms with E-state index in [0.717, 1.165) is 12.1 Å². The zero-order valence-corrected chi connectivity index (χ0v) is 19.9. The fourth-order valence-corrected chi connectivity index (χ4v) is 4.20. The van der Waals surface area contributed by atoms with Crippen molar-refractivity contribution in [1.82, 2.24) is 14.9 Å². The van der Waals surface area contributed by atoms with Crippen molar-refractivity contribution in [2.45, 2.75) is 24.7 Å². The highest BCUT2D eigenvalue weighted by Gasteiger charge is 2.62. The average Bonchev–Trinajstić information content (AvgIpc) is 3.46. The third-order valence-electron chi connectivity index (χ3n) is 5.19. The molecule has 1 aliphatic heterocycles. The van der Waals surface area contributed by atoms with Gasteiger partial charge in [0.2, 0.25) is 0 Å². The summed E-state index contributed by atoms with van der Waals surface area (Å²) in [5, 5.41) is 6.24. The van der Waals surface area contributed by atoms with Gasteiger partial charge < -0.3 is 10.2 Å². The van der Waals surface area contributed by atoms with Crippen molar-refractivity contribution in [1.29, 1.82) is 0 Å². The SMILES string of the molecule is O=C(NCc1ccc(C2=NOC(c3cc(Cl)c(Cl)c(Cl)c3)(C(F)(F)F)C2)cc1Cl)n1ccnc1. The smallest absolute Gasteiger partial charge is 0.374 e. The number of carbonyl (C=O) groups excluding carboxylic acids is 1. The maximum atomic E-state index is 14.2. The second kappa shape index (κ2) is 9.30. The molecular formula is C21H13Cl4F3N4O2. The Morgan fingerprint density at radius 2 is 1.82 bits per heavy atom. The van der Waals surface area contributed by atoms with Gasteiger partial charge >= 0.3 is 12.2 Å². The average molecular weight is 552 g/mol. The van der Waals surface area contributed by atoms with Crippen molar-refractivity contribution in [3.05, 3.63) is 85.8 Å². The van der Waals surface area contributed by atoms with E-state index in [0.29, 0.717) is 11.1 Å². The summed E-state index contributed by atoms with van der Waals surface area (Å²) in [5.41, 5.74) is -2.23. The summed E-state index contributed by atoms with van der Waals surface area (Å²) in [6.07, 6.45) is -1.21. The minimum Gasteiger partial charge on any atom is -0.374 e. The largest absolute Gasteiger partial charge is 0.435 e. The van der Waals surface area contributed by atoms with Crippen LogP contribution in [0.3, 0.4) is 0 Å². The van der Waals surface area contributed by atoms with E-state index in [1.54, 1.807) is 12.1 Å². The number of oxime groups is 1. The molecule has 1 aliphatic rings. The van der Waals surface area contributed by atoms with E-state index in [1.165, 1.54) is 29.4 Å². The van der Waals surface area contributed by atoms with Crippen molar-refractivity contribution in [2.24, 2.45) is 5.16 Å². The maximum Gasteiger partial charge on any atom is 0.435 e. The lowest BCUT2D eigenvalue weighted by Crippen LogP contribution is -2.42. The van der Waals surface area contributed by atoms with Gasteiger partial charge in [-0.05, 0) is 23.8 Å². The fourth-order valence-electron chi connectivity index (χ4n) is 3.36. The minimum atomic E-state index is -4.85. The molecule has 0 saturated carbocycles. The first-order valence-corrected chi connectivity index (χ1v) is 11.0. The van der Waals surface area contributed by atoms with Gasteiger partial charge in [-0.1, -0.05) is 63.7 Å². The minimum absolute atomic E-state index is 0.0235. The highest BCUT2D eigenvalue weighted by atomic mass is 35.5. The van der Waals surface area contributed by atoms with Crippen LogP contribution in [-0.4, -0.2) is 27.5 Å². The van der Waals surface area contributed by atoms with Gasteiger partial charge in [0.15, 0.2) is 0 Å². The first-order valence-electron chi connectivity index (χ1n) is 9.53. The summed E-state index contributed by atoms with van der Waals surface area (Å²) in [4.78, 5) is 20.8. The molecular weight excluding hydrogens is 539 g/mol. The lowest BCUT2D eigenvalue weighted by molar-refractivity contribution is -0.275. The van der Waals surface area contributed by atoms with Gasteiger partial charge in [-0.3, -0.25) is 4.57 Å². The molecule has 13 heteroatoms. The van der Waals surface area contributed by atoms with E-state index in [9.17, 15) is 18.0 Å². The molecule has 0 saturated heterocycles.